The van der Waals surface area contributed by atoms with Crippen LogP contribution in [0.5, 0.6) is 11.9 Å². The number of ether oxygens (including phenoxy) is 2. The Kier molecular flexibility index (Phi) is 6.60. The van der Waals surface area contributed by atoms with Crippen LogP contribution in [0.1, 0.15) is 21.9 Å². The molecule has 0 aliphatic heterocycles. The summed E-state index contributed by atoms with van der Waals surface area (Å²) in [7, 11) is -1.45. The van der Waals surface area contributed by atoms with Gasteiger partial charge in [0.2, 0.25) is 5.88 Å². The minimum atomic E-state index is -4.71. The van der Waals surface area contributed by atoms with Crippen molar-refractivity contribution in [1.82, 2.24) is 24.6 Å². The number of nitrogens with one attached hydrogen (secondary N) is 2. The number of hydrogen-bond donors (Lipinski definition) is 2. The molecule has 4 aromatic rings. The Balaban J connectivity index is 1.53. The van der Waals surface area contributed by atoms with E-state index in [1.165, 1.54) is 51.5 Å². The van der Waals surface area contributed by atoms with Gasteiger partial charge in [-0.05, 0) is 37.3 Å². The third kappa shape index (κ3) is 5.53. The van der Waals surface area contributed by atoms with Crippen LogP contribution in [0.25, 0.3) is 5.65 Å². The standard InChI is InChI=1S/C21H18F3N7O5S/c1-11-8-15(21(22,23)24)31-17(25-11)9-14(29-31)19(32)26-12-4-6-13(7-5-12)37(33,34)30-16-10-18(35-2)28-20(27-16)36-3/h4-10H,1-3H3,(H,26,32)(H,27,28,30). The number of aromatic nitrogens is 5. The number of fused-ring (bicyclic) bond motifs is 1. The second kappa shape index (κ2) is 9.53. The van der Waals surface area contributed by atoms with Gasteiger partial charge in [0.15, 0.2) is 17.2 Å². The van der Waals surface area contributed by atoms with Crippen LogP contribution in [-0.4, -0.2) is 53.1 Å². The van der Waals surface area contributed by atoms with Crippen LogP contribution in [0, 0.1) is 6.92 Å². The average molecular weight is 537 g/mol. The van der Waals surface area contributed by atoms with Gasteiger partial charge in [-0.15, -0.1) is 0 Å². The minimum Gasteiger partial charge on any atom is -0.481 e. The first-order valence-corrected chi connectivity index (χ1v) is 11.7. The third-order valence-corrected chi connectivity index (χ3v) is 6.18. The highest BCUT2D eigenvalue weighted by Gasteiger charge is 2.35. The maximum Gasteiger partial charge on any atom is 0.433 e. The zero-order chi connectivity index (χ0) is 27.0. The number of alkyl halides is 3. The molecule has 0 atom stereocenters. The van der Waals surface area contributed by atoms with Crippen molar-refractivity contribution >= 4 is 33.1 Å². The molecule has 1 amide bonds. The van der Waals surface area contributed by atoms with Crippen molar-refractivity contribution in [2.75, 3.05) is 24.3 Å². The monoisotopic (exact) mass is 537 g/mol. The van der Waals surface area contributed by atoms with E-state index in [-0.39, 0.29) is 45.3 Å². The zero-order valence-corrected chi connectivity index (χ0v) is 20.2. The van der Waals surface area contributed by atoms with Crippen molar-refractivity contribution in [3.8, 4) is 11.9 Å². The molecule has 3 heterocycles. The summed E-state index contributed by atoms with van der Waals surface area (Å²) in [6.45, 7) is 1.39. The fourth-order valence-electron chi connectivity index (χ4n) is 3.17. The number of amides is 1. The first kappa shape index (κ1) is 25.6. The van der Waals surface area contributed by atoms with Gasteiger partial charge in [0.1, 0.15) is 5.69 Å². The molecule has 16 heteroatoms. The lowest BCUT2D eigenvalue weighted by Crippen LogP contribution is -2.16. The predicted octanol–water partition coefficient (Wildman–Crippen LogP) is 2.92. The van der Waals surface area contributed by atoms with Gasteiger partial charge in [-0.2, -0.15) is 28.2 Å². The maximum absolute atomic E-state index is 13.3. The van der Waals surface area contributed by atoms with E-state index in [4.69, 9.17) is 9.47 Å². The summed E-state index contributed by atoms with van der Waals surface area (Å²) in [4.78, 5) is 24.2. The SMILES string of the molecule is COc1cc(NS(=O)(=O)c2ccc(NC(=O)c3cc4nc(C)cc(C(F)(F)F)n4n3)cc2)nc(OC)n1. The maximum atomic E-state index is 13.3. The Hall–Kier alpha value is -4.47. The lowest BCUT2D eigenvalue weighted by molar-refractivity contribution is -0.142. The molecule has 2 N–H and O–H groups in total. The molecule has 194 valence electrons. The second-order valence-corrected chi connectivity index (χ2v) is 9.13. The molecule has 0 saturated heterocycles. The number of hydrogen-bond acceptors (Lipinski definition) is 9. The van der Waals surface area contributed by atoms with Gasteiger partial charge >= 0.3 is 12.2 Å². The molecule has 4 rings (SSSR count). The van der Waals surface area contributed by atoms with Gasteiger partial charge in [0.05, 0.1) is 19.1 Å². The largest absolute Gasteiger partial charge is 0.481 e. The lowest BCUT2D eigenvalue weighted by atomic mass is 10.3. The Morgan fingerprint density at radius 1 is 1.00 bits per heavy atom. The molecule has 3 aromatic heterocycles. The molecule has 0 spiro atoms. The third-order valence-electron chi connectivity index (χ3n) is 4.81. The van der Waals surface area contributed by atoms with E-state index in [2.05, 4.69) is 30.1 Å². The van der Waals surface area contributed by atoms with Crippen LogP contribution in [0.3, 0.4) is 0 Å². The number of carbonyl (C=O) groups excluding carboxylic acids is 1. The summed E-state index contributed by atoms with van der Waals surface area (Å²) in [6, 6.07) is 8.10. The van der Waals surface area contributed by atoms with Crippen molar-refractivity contribution in [2.45, 2.75) is 18.0 Å². The number of anilines is 2. The van der Waals surface area contributed by atoms with Crippen molar-refractivity contribution in [3.05, 3.63) is 59.5 Å². The van der Waals surface area contributed by atoms with Crippen LogP contribution >= 0.6 is 0 Å². The molecular weight excluding hydrogens is 519 g/mol. The predicted molar refractivity (Wildman–Crippen MR) is 123 cm³/mol. The van der Waals surface area contributed by atoms with E-state index in [0.717, 1.165) is 12.1 Å². The molecule has 0 radical (unpaired) electrons. The number of carbonyl (C=O) groups is 1. The fraction of sp³-hybridized carbons (Fsp3) is 0.190. The highest BCUT2D eigenvalue weighted by atomic mass is 32.2. The quantitative estimate of drug-likeness (QED) is 0.363. The Bertz CT molecular complexity index is 1570. The zero-order valence-electron chi connectivity index (χ0n) is 19.4. The van der Waals surface area contributed by atoms with Crippen molar-refractivity contribution in [3.63, 3.8) is 0 Å². The van der Waals surface area contributed by atoms with Crippen LogP contribution in [0.4, 0.5) is 24.7 Å². The van der Waals surface area contributed by atoms with Crippen molar-refractivity contribution in [2.24, 2.45) is 0 Å². The van der Waals surface area contributed by atoms with Gasteiger partial charge in [-0.1, -0.05) is 0 Å². The summed E-state index contributed by atoms with van der Waals surface area (Å²) in [6.07, 6.45) is -4.71. The van der Waals surface area contributed by atoms with E-state index in [1.54, 1.807) is 0 Å². The van der Waals surface area contributed by atoms with Gasteiger partial charge in [-0.3, -0.25) is 9.52 Å². The Labute approximate surface area is 207 Å². The van der Waals surface area contributed by atoms with Gasteiger partial charge in [0.25, 0.3) is 15.9 Å². The topological polar surface area (TPSA) is 150 Å². The van der Waals surface area contributed by atoms with Crippen molar-refractivity contribution < 1.29 is 35.9 Å². The van der Waals surface area contributed by atoms with Crippen LogP contribution in [0.2, 0.25) is 0 Å². The van der Waals surface area contributed by atoms with E-state index in [1.807, 2.05) is 0 Å². The highest BCUT2D eigenvalue weighted by Crippen LogP contribution is 2.30. The minimum absolute atomic E-state index is 0.0715. The highest BCUT2D eigenvalue weighted by molar-refractivity contribution is 7.92. The van der Waals surface area contributed by atoms with Gasteiger partial charge in [-0.25, -0.2) is 17.9 Å². The summed E-state index contributed by atoms with van der Waals surface area (Å²) >= 11 is 0. The van der Waals surface area contributed by atoms with E-state index in [9.17, 15) is 26.4 Å². The molecule has 0 saturated carbocycles. The summed E-state index contributed by atoms with van der Waals surface area (Å²) < 4.78 is 78.2. The van der Waals surface area contributed by atoms with Gasteiger partial charge in [0, 0.05) is 23.5 Å². The number of benzene rings is 1. The summed E-state index contributed by atoms with van der Waals surface area (Å²) in [5, 5.41) is 6.19. The number of rotatable bonds is 7. The molecular formula is C21H18F3N7O5S. The number of methoxy groups -OCH3 is 2. The number of sulfonamides is 1. The smallest absolute Gasteiger partial charge is 0.433 e. The van der Waals surface area contributed by atoms with Crippen molar-refractivity contribution in [1.29, 1.82) is 0 Å². The summed E-state index contributed by atoms with van der Waals surface area (Å²) in [5.74, 6) is -0.845. The van der Waals surface area contributed by atoms with Gasteiger partial charge < -0.3 is 14.8 Å². The first-order chi connectivity index (χ1) is 17.4. The Morgan fingerprint density at radius 3 is 2.32 bits per heavy atom. The molecule has 0 bridgehead atoms. The average Bonchev–Trinajstić information content (AvgIpc) is 3.26. The first-order valence-electron chi connectivity index (χ1n) is 10.3. The number of aryl methyl sites for hydroxylation is 1. The Morgan fingerprint density at radius 2 is 1.70 bits per heavy atom. The number of nitrogens with zero attached hydrogens (tertiary/aromatic N) is 5. The van der Waals surface area contributed by atoms with E-state index >= 15 is 0 Å². The lowest BCUT2D eigenvalue weighted by Gasteiger charge is -2.10. The molecule has 0 fully saturated rings. The number of halogens is 3. The second-order valence-electron chi connectivity index (χ2n) is 7.45. The van der Waals surface area contributed by atoms with Crippen LogP contribution < -0.4 is 19.5 Å². The summed E-state index contributed by atoms with van der Waals surface area (Å²) in [5.41, 5.74) is -1.26. The molecule has 0 aliphatic carbocycles. The van der Waals surface area contributed by atoms with Crippen LogP contribution in [-0.2, 0) is 16.2 Å². The molecule has 1 aromatic carbocycles. The molecule has 37 heavy (non-hydrogen) atoms. The van der Waals surface area contributed by atoms with Crippen LogP contribution in [0.15, 0.2) is 47.4 Å². The molecule has 12 nitrogen and oxygen atoms in total. The van der Waals surface area contributed by atoms with E-state index in [0.29, 0.717) is 4.52 Å². The molecule has 0 aliphatic rings. The normalized spacial score (nSPS) is 11.8. The fourth-order valence-corrected chi connectivity index (χ4v) is 4.17. The van der Waals surface area contributed by atoms with E-state index < -0.39 is 27.8 Å². The molecule has 0 unspecified atom stereocenters.